The Morgan fingerprint density at radius 2 is 1.52 bits per heavy atom. The van der Waals surface area contributed by atoms with E-state index < -0.39 is 18.2 Å². The first-order valence-electron chi connectivity index (χ1n) is 19.2. The summed E-state index contributed by atoms with van der Waals surface area (Å²) in [7, 11) is 0. The number of halogens is 3. The lowest BCUT2D eigenvalue weighted by molar-refractivity contribution is -0.192. The van der Waals surface area contributed by atoms with Crippen molar-refractivity contribution in [2.45, 2.75) is 44.1 Å². The second-order valence-electron chi connectivity index (χ2n) is 13.8. The van der Waals surface area contributed by atoms with Crippen LogP contribution in [0.2, 0.25) is 0 Å². The van der Waals surface area contributed by atoms with E-state index in [1.165, 1.54) is 11.3 Å². The van der Waals surface area contributed by atoms with Crippen LogP contribution in [0.15, 0.2) is 77.6 Å². The first-order valence-corrected chi connectivity index (χ1v) is 20.1. The number of hydrogen-bond acceptors (Lipinski definition) is 12. The third kappa shape index (κ3) is 14.6. The number of rotatable bonds is 19. The highest BCUT2D eigenvalue weighted by molar-refractivity contribution is 7.07. The molecule has 6 rings (SSSR count). The third-order valence-corrected chi connectivity index (χ3v) is 9.66. The maximum absolute atomic E-state index is 13.5. The molecule has 1 saturated carbocycles. The number of nitrogens with two attached hydrogens (primary N) is 1. The fourth-order valence-corrected chi connectivity index (χ4v) is 6.26. The van der Waals surface area contributed by atoms with Gasteiger partial charge < -0.3 is 51.2 Å². The Kier molecular flexibility index (Phi) is 16.9. The number of carboxylic acids is 1. The summed E-state index contributed by atoms with van der Waals surface area (Å²) < 4.78 is 48.2. The number of nitrogens with zero attached hydrogens (tertiary/aromatic N) is 2. The lowest BCUT2D eigenvalue weighted by Crippen LogP contribution is -2.43. The fourth-order valence-electron chi connectivity index (χ4n) is 5.69. The van der Waals surface area contributed by atoms with Gasteiger partial charge in [0.2, 0.25) is 5.91 Å². The molecule has 1 fully saturated rings. The van der Waals surface area contributed by atoms with Crippen LogP contribution in [-0.4, -0.2) is 115 Å². The first kappa shape index (κ1) is 46.6. The summed E-state index contributed by atoms with van der Waals surface area (Å²) in [5, 5.41) is 20.1. The van der Waals surface area contributed by atoms with Crippen LogP contribution in [0.4, 0.5) is 24.5 Å². The van der Waals surface area contributed by atoms with Crippen molar-refractivity contribution < 1.29 is 61.3 Å². The van der Waals surface area contributed by atoms with Crippen molar-refractivity contribution in [1.29, 1.82) is 0 Å². The number of alkyl halides is 3. The summed E-state index contributed by atoms with van der Waals surface area (Å²) in [6.45, 7) is 2.22. The van der Waals surface area contributed by atoms with Gasteiger partial charge in [-0.3, -0.25) is 24.0 Å². The molecule has 0 radical (unpaired) electrons. The molecular weight excluding hydrogens is 840 g/mol. The van der Waals surface area contributed by atoms with Crippen LogP contribution in [0.5, 0.6) is 5.75 Å². The molecule has 7 N–H and O–H groups in total. The number of hydrogen-bond donors (Lipinski definition) is 6. The SMILES string of the molecule is N[C@@H](Cc1cscn1)C(=O)NCCOCCOCCNC(=O)c1ccc(NC(=O)c2ccc(CN(C(=O)c3ccc4c(c3)OCC(=O)N4)C3CC3)cc2)cc1.O=C(O)C(F)(F)F. The van der Waals surface area contributed by atoms with Crippen molar-refractivity contribution >= 4 is 58.2 Å². The van der Waals surface area contributed by atoms with Crippen LogP contribution in [0.25, 0.3) is 0 Å². The van der Waals surface area contributed by atoms with Gasteiger partial charge in [-0.2, -0.15) is 13.2 Å². The van der Waals surface area contributed by atoms with Gasteiger partial charge in [-0.1, -0.05) is 12.1 Å². The van der Waals surface area contributed by atoms with E-state index in [4.69, 9.17) is 29.8 Å². The molecule has 4 aromatic rings. The number of aromatic nitrogens is 1. The Balaban J connectivity index is 0.000000955. The predicted molar refractivity (Wildman–Crippen MR) is 219 cm³/mol. The summed E-state index contributed by atoms with van der Waals surface area (Å²) in [5.41, 5.74) is 11.7. The number of fused-ring (bicyclic) bond motifs is 1. The van der Waals surface area contributed by atoms with Crippen molar-refractivity contribution in [2.75, 3.05) is 56.8 Å². The molecule has 3 aromatic carbocycles. The van der Waals surface area contributed by atoms with Gasteiger partial charge in [-0.15, -0.1) is 11.3 Å². The molecule has 2 aliphatic rings. The number of benzene rings is 3. The number of carboxylic acid groups (broad SMARTS) is 1. The van der Waals surface area contributed by atoms with E-state index in [-0.39, 0.29) is 42.2 Å². The van der Waals surface area contributed by atoms with E-state index in [1.807, 2.05) is 22.4 Å². The number of amides is 5. The zero-order chi connectivity index (χ0) is 44.6. The van der Waals surface area contributed by atoms with Crippen molar-refractivity contribution in [3.05, 3.63) is 106 Å². The molecule has 21 heteroatoms. The highest BCUT2D eigenvalue weighted by Crippen LogP contribution is 2.33. The molecule has 0 saturated heterocycles. The third-order valence-electron chi connectivity index (χ3n) is 9.03. The van der Waals surface area contributed by atoms with E-state index >= 15 is 0 Å². The number of thiazole rings is 1. The minimum atomic E-state index is -5.08. The summed E-state index contributed by atoms with van der Waals surface area (Å²) in [6.07, 6.45) is -2.85. The lowest BCUT2D eigenvalue weighted by Gasteiger charge is -2.24. The largest absolute Gasteiger partial charge is 0.490 e. The van der Waals surface area contributed by atoms with E-state index in [9.17, 15) is 37.1 Å². The second-order valence-corrected chi connectivity index (χ2v) is 14.5. The zero-order valence-corrected chi connectivity index (χ0v) is 33.9. The van der Waals surface area contributed by atoms with E-state index in [0.29, 0.717) is 86.3 Å². The van der Waals surface area contributed by atoms with Crippen molar-refractivity contribution in [3.63, 3.8) is 0 Å². The average Bonchev–Trinajstić information content (AvgIpc) is 3.97. The topological polar surface area (TPSA) is 241 Å². The van der Waals surface area contributed by atoms with Crippen LogP contribution >= 0.6 is 11.3 Å². The number of nitrogens with one attached hydrogen (secondary N) is 4. The molecule has 0 unspecified atom stereocenters. The molecule has 0 bridgehead atoms. The van der Waals surface area contributed by atoms with E-state index in [0.717, 1.165) is 24.1 Å². The minimum Gasteiger partial charge on any atom is -0.482 e. The first-order chi connectivity index (χ1) is 29.7. The molecule has 1 aliphatic carbocycles. The maximum atomic E-state index is 13.5. The normalized spacial score (nSPS) is 13.5. The predicted octanol–water partition coefficient (Wildman–Crippen LogP) is 3.61. The average molecular weight is 884 g/mol. The van der Waals surface area contributed by atoms with Crippen LogP contribution in [0, 0.1) is 0 Å². The second kappa shape index (κ2) is 22.4. The summed E-state index contributed by atoms with van der Waals surface area (Å²) in [5.74, 6) is -3.48. The van der Waals surface area contributed by atoms with Crippen LogP contribution in [-0.2, 0) is 36.8 Å². The Morgan fingerprint density at radius 3 is 2.13 bits per heavy atom. The summed E-state index contributed by atoms with van der Waals surface area (Å²) in [6, 6.07) is 18.2. The van der Waals surface area contributed by atoms with E-state index in [1.54, 1.807) is 60.1 Å². The molecular formula is C41H44F3N7O10S. The van der Waals surface area contributed by atoms with Crippen molar-refractivity contribution in [3.8, 4) is 5.75 Å². The molecule has 1 atom stereocenters. The van der Waals surface area contributed by atoms with Crippen LogP contribution in [0.1, 0.15) is 55.2 Å². The fraction of sp³-hybridized carbons (Fsp3) is 0.341. The number of carbonyl (C=O) groups excluding carboxylic acids is 5. The van der Waals surface area contributed by atoms with Gasteiger partial charge >= 0.3 is 12.1 Å². The molecule has 62 heavy (non-hydrogen) atoms. The number of anilines is 2. The highest BCUT2D eigenvalue weighted by atomic mass is 32.1. The molecule has 330 valence electrons. The van der Waals surface area contributed by atoms with Crippen molar-refractivity contribution in [1.82, 2.24) is 20.5 Å². The summed E-state index contributed by atoms with van der Waals surface area (Å²) >= 11 is 1.46. The molecule has 5 amide bonds. The van der Waals surface area contributed by atoms with Crippen molar-refractivity contribution in [2.24, 2.45) is 5.73 Å². The number of aliphatic carboxylic acids is 1. The quantitative estimate of drug-likeness (QED) is 0.0741. The van der Waals surface area contributed by atoms with E-state index in [2.05, 4.69) is 26.3 Å². The Hall–Kier alpha value is -6.42. The monoisotopic (exact) mass is 883 g/mol. The van der Waals surface area contributed by atoms with Gasteiger partial charge in [0.15, 0.2) is 6.61 Å². The molecule has 1 aromatic heterocycles. The Bertz CT molecular complexity index is 2170. The smallest absolute Gasteiger partial charge is 0.482 e. The van der Waals surface area contributed by atoms with Crippen LogP contribution < -0.4 is 31.7 Å². The molecule has 0 spiro atoms. The standard InChI is InChI=1S/C39H43N7O8S.C2HF3O2/c40-32(20-30-23-55-24-43-30)38(50)42-14-16-53-18-17-52-15-13-41-36(48)26-5-8-29(9-6-26)44-37(49)27-3-1-25(2-4-27)21-46(31-10-11-31)39(51)28-7-12-33-34(19-28)54-22-35(47)45-33;3-2(4,5)1(6)7/h1-9,12,19,23-24,31-32H,10-11,13-18,20-22,40H2,(H,41,48)(H,42,50)(H,44,49)(H,45,47);(H,6,7)/t32-;/m0./s1. The number of ether oxygens (including phenoxy) is 3. The van der Waals surface area contributed by atoms with Gasteiger partial charge in [0.05, 0.1) is 49.4 Å². The van der Waals surface area contributed by atoms with Gasteiger partial charge in [0.25, 0.3) is 23.6 Å². The van der Waals surface area contributed by atoms with Crippen LogP contribution in [0.3, 0.4) is 0 Å². The van der Waals surface area contributed by atoms with Gasteiger partial charge in [-0.25, -0.2) is 9.78 Å². The molecule has 1 aliphatic heterocycles. The number of carbonyl (C=O) groups is 6. The zero-order valence-electron chi connectivity index (χ0n) is 33.1. The Morgan fingerprint density at radius 1 is 0.903 bits per heavy atom. The molecule has 17 nitrogen and oxygen atoms in total. The van der Waals surface area contributed by atoms with Gasteiger partial charge in [0.1, 0.15) is 5.75 Å². The van der Waals surface area contributed by atoms with Gasteiger partial charge in [0, 0.05) is 59.9 Å². The highest BCUT2D eigenvalue weighted by Gasteiger charge is 2.38. The molecule has 2 heterocycles. The maximum Gasteiger partial charge on any atom is 0.490 e. The van der Waals surface area contributed by atoms with Gasteiger partial charge in [-0.05, 0) is 73.0 Å². The minimum absolute atomic E-state index is 0.0887. The summed E-state index contributed by atoms with van der Waals surface area (Å²) in [4.78, 5) is 77.5. The Labute approximate surface area is 357 Å². The lowest BCUT2D eigenvalue weighted by atomic mass is 10.1.